The molecule has 0 aliphatic heterocycles. The number of halogens is 1. The fourth-order valence-corrected chi connectivity index (χ4v) is 5.32. The van der Waals surface area contributed by atoms with Crippen LogP contribution in [-0.2, 0) is 19.7 Å². The molecule has 1 aromatic rings. The number of aryl methyl sites for hydroxylation is 1. The smallest absolute Gasteiger partial charge is 0.374 e. The molecule has 0 aromatic heterocycles. The summed E-state index contributed by atoms with van der Waals surface area (Å²) < 4.78 is 18.5. The lowest BCUT2D eigenvalue weighted by Gasteiger charge is -2.28. The molecule has 0 heterocycles. The van der Waals surface area contributed by atoms with E-state index in [2.05, 4.69) is 15.9 Å². The van der Waals surface area contributed by atoms with Crippen LogP contribution in [0.3, 0.4) is 0 Å². The Kier molecular flexibility index (Phi) is 8.49. The van der Waals surface area contributed by atoms with Gasteiger partial charge < -0.3 is 13.3 Å². The zero-order valence-electron chi connectivity index (χ0n) is 13.8. The maximum atomic E-state index is 11.8. The molecule has 0 radical (unpaired) electrons. The molecule has 0 saturated carbocycles. The number of hydrogen-bond donors (Lipinski definition) is 0. The number of benzene rings is 1. The van der Waals surface area contributed by atoms with Crippen molar-refractivity contribution in [3.05, 3.63) is 33.8 Å². The van der Waals surface area contributed by atoms with Gasteiger partial charge in [-0.05, 0) is 51.8 Å². The summed E-state index contributed by atoms with van der Waals surface area (Å²) in [5, 5.41) is 0. The Bertz CT molecular complexity index is 476. The molecule has 0 unspecified atom stereocenters. The van der Waals surface area contributed by atoms with Crippen molar-refractivity contribution in [1.82, 2.24) is 0 Å². The average molecular weight is 389 g/mol. The van der Waals surface area contributed by atoms with Crippen LogP contribution in [0.1, 0.15) is 43.6 Å². The van der Waals surface area contributed by atoms with Crippen LogP contribution in [0.25, 0.3) is 0 Å². The van der Waals surface area contributed by atoms with Crippen molar-refractivity contribution in [3.8, 4) is 0 Å². The van der Waals surface area contributed by atoms with E-state index in [9.17, 15) is 4.79 Å². The number of carbonyl (C=O) groups excluding carboxylic acids is 1. The van der Waals surface area contributed by atoms with E-state index in [1.807, 2.05) is 39.0 Å². The van der Waals surface area contributed by atoms with Crippen molar-refractivity contribution in [3.63, 3.8) is 0 Å². The second-order valence-corrected chi connectivity index (χ2v) is 8.49. The summed E-state index contributed by atoms with van der Waals surface area (Å²) in [6.45, 7) is 9.11. The molecule has 4 nitrogen and oxygen atoms in total. The van der Waals surface area contributed by atoms with Crippen LogP contribution in [0.2, 0.25) is 6.04 Å². The Morgan fingerprint density at radius 3 is 2.09 bits per heavy atom. The van der Waals surface area contributed by atoms with E-state index < -0.39 is 8.80 Å². The molecule has 0 fully saturated rings. The third-order valence-electron chi connectivity index (χ3n) is 3.24. The van der Waals surface area contributed by atoms with Gasteiger partial charge in [-0.25, -0.2) is 0 Å². The standard InChI is InChI=1S/C16H25BrO4Si/c1-5-19-22(20-6-2,21-7-3)11-10-14-8-9-15(17)12-16(14)13(4)18/h8-9,12H,5-7,10-11H2,1-4H3. The molecule has 0 N–H and O–H groups in total. The summed E-state index contributed by atoms with van der Waals surface area (Å²) >= 11 is 3.41. The minimum atomic E-state index is -2.67. The van der Waals surface area contributed by atoms with E-state index >= 15 is 0 Å². The summed E-state index contributed by atoms with van der Waals surface area (Å²) in [4.78, 5) is 11.8. The molecule has 0 atom stereocenters. The van der Waals surface area contributed by atoms with Crippen molar-refractivity contribution in [1.29, 1.82) is 0 Å². The van der Waals surface area contributed by atoms with E-state index in [-0.39, 0.29) is 5.78 Å². The number of rotatable bonds is 10. The van der Waals surface area contributed by atoms with Gasteiger partial charge in [0.2, 0.25) is 0 Å². The summed E-state index contributed by atoms with van der Waals surface area (Å²) in [6, 6.07) is 6.46. The fraction of sp³-hybridized carbons (Fsp3) is 0.562. The molecule has 0 aliphatic carbocycles. The zero-order valence-corrected chi connectivity index (χ0v) is 16.4. The summed E-state index contributed by atoms with van der Waals surface area (Å²) in [6.07, 6.45) is 0.703. The first-order chi connectivity index (χ1) is 10.5. The number of carbonyl (C=O) groups is 1. The van der Waals surface area contributed by atoms with Crippen LogP contribution in [0.15, 0.2) is 22.7 Å². The number of ketones is 1. The van der Waals surface area contributed by atoms with E-state index in [1.165, 1.54) is 0 Å². The Balaban J connectivity index is 2.94. The van der Waals surface area contributed by atoms with Crippen molar-refractivity contribution in [2.75, 3.05) is 19.8 Å². The van der Waals surface area contributed by atoms with Gasteiger partial charge in [-0.3, -0.25) is 4.79 Å². The van der Waals surface area contributed by atoms with Gasteiger partial charge in [-0.2, -0.15) is 0 Å². The summed E-state index contributed by atoms with van der Waals surface area (Å²) in [7, 11) is -2.67. The summed E-state index contributed by atoms with van der Waals surface area (Å²) in [5.74, 6) is 0.0628. The van der Waals surface area contributed by atoms with Crippen LogP contribution in [0, 0.1) is 0 Å². The van der Waals surface area contributed by atoms with Crippen LogP contribution in [0.4, 0.5) is 0 Å². The molecule has 0 bridgehead atoms. The Morgan fingerprint density at radius 2 is 1.64 bits per heavy atom. The molecule has 0 amide bonds. The Labute approximate surface area is 142 Å². The third-order valence-corrected chi connectivity index (χ3v) is 6.79. The highest BCUT2D eigenvalue weighted by atomic mass is 79.9. The van der Waals surface area contributed by atoms with Crippen molar-refractivity contribution in [2.45, 2.75) is 40.2 Å². The van der Waals surface area contributed by atoms with E-state index in [4.69, 9.17) is 13.3 Å². The lowest BCUT2D eigenvalue weighted by atomic mass is 10.0. The van der Waals surface area contributed by atoms with E-state index in [0.29, 0.717) is 32.3 Å². The topological polar surface area (TPSA) is 44.8 Å². The molecular formula is C16H25BrO4Si. The first-order valence-corrected chi connectivity index (χ1v) is 10.4. The van der Waals surface area contributed by atoms with Gasteiger partial charge in [0.05, 0.1) is 0 Å². The highest BCUT2D eigenvalue weighted by Gasteiger charge is 2.40. The molecule has 124 valence electrons. The maximum absolute atomic E-state index is 11.8. The molecular weight excluding hydrogens is 364 g/mol. The molecule has 22 heavy (non-hydrogen) atoms. The second-order valence-electron chi connectivity index (χ2n) is 4.84. The van der Waals surface area contributed by atoms with Crippen LogP contribution in [-0.4, -0.2) is 34.4 Å². The number of hydrogen-bond acceptors (Lipinski definition) is 4. The minimum Gasteiger partial charge on any atom is -0.374 e. The lowest BCUT2D eigenvalue weighted by Crippen LogP contribution is -2.46. The zero-order chi connectivity index (χ0) is 16.6. The normalized spacial score (nSPS) is 11.7. The molecule has 0 saturated heterocycles. The first kappa shape index (κ1) is 19.5. The molecule has 1 rings (SSSR count). The van der Waals surface area contributed by atoms with Gasteiger partial charge in [-0.15, -0.1) is 0 Å². The van der Waals surface area contributed by atoms with E-state index in [1.54, 1.807) is 6.92 Å². The van der Waals surface area contributed by atoms with Crippen molar-refractivity contribution in [2.24, 2.45) is 0 Å². The number of Topliss-reactive ketones (excluding diaryl/α,β-unsaturated/α-hetero) is 1. The highest BCUT2D eigenvalue weighted by molar-refractivity contribution is 9.10. The minimum absolute atomic E-state index is 0.0628. The summed E-state index contributed by atoms with van der Waals surface area (Å²) in [5.41, 5.74) is 1.74. The van der Waals surface area contributed by atoms with Gasteiger partial charge in [0.15, 0.2) is 5.78 Å². The Morgan fingerprint density at radius 1 is 1.09 bits per heavy atom. The van der Waals surface area contributed by atoms with Crippen molar-refractivity contribution < 1.29 is 18.1 Å². The molecule has 6 heteroatoms. The van der Waals surface area contributed by atoms with Crippen molar-refractivity contribution >= 4 is 30.5 Å². The first-order valence-electron chi connectivity index (χ1n) is 7.69. The van der Waals surface area contributed by atoms with Gasteiger partial charge in [-0.1, -0.05) is 22.0 Å². The van der Waals surface area contributed by atoms with Gasteiger partial charge in [0, 0.05) is 35.9 Å². The van der Waals surface area contributed by atoms with Gasteiger partial charge in [0.25, 0.3) is 0 Å². The van der Waals surface area contributed by atoms with Crippen LogP contribution < -0.4 is 0 Å². The average Bonchev–Trinajstić information content (AvgIpc) is 2.46. The van der Waals surface area contributed by atoms with Gasteiger partial charge >= 0.3 is 8.80 Å². The molecule has 0 spiro atoms. The predicted molar refractivity (Wildman–Crippen MR) is 93.3 cm³/mol. The van der Waals surface area contributed by atoms with Crippen LogP contribution in [0.5, 0.6) is 0 Å². The fourth-order valence-electron chi connectivity index (χ4n) is 2.38. The third kappa shape index (κ3) is 5.59. The predicted octanol–water partition coefficient (Wildman–Crippen LogP) is 4.24. The highest BCUT2D eigenvalue weighted by Crippen LogP contribution is 2.23. The monoisotopic (exact) mass is 388 g/mol. The van der Waals surface area contributed by atoms with Crippen LogP contribution >= 0.6 is 15.9 Å². The Hall–Kier alpha value is -0.533. The largest absolute Gasteiger partial charge is 0.501 e. The maximum Gasteiger partial charge on any atom is 0.501 e. The molecule has 0 aliphatic rings. The second kappa shape index (κ2) is 9.57. The molecule has 1 aromatic carbocycles. The van der Waals surface area contributed by atoms with E-state index in [0.717, 1.165) is 15.6 Å². The SMILES string of the molecule is CCO[Si](CCc1ccc(Br)cc1C(C)=O)(OCC)OCC. The quantitative estimate of drug-likeness (QED) is 0.444. The van der Waals surface area contributed by atoms with Gasteiger partial charge in [0.1, 0.15) is 0 Å². The lowest BCUT2D eigenvalue weighted by molar-refractivity contribution is 0.0713.